The zero-order valence-electron chi connectivity index (χ0n) is 21.3. The number of morpholine rings is 1. The lowest BCUT2D eigenvalue weighted by Gasteiger charge is -2.36. The molecular formula is C27H29F3N6O2. The molecule has 1 atom stereocenters. The van der Waals surface area contributed by atoms with Gasteiger partial charge in [0.05, 0.1) is 36.4 Å². The molecule has 1 aliphatic heterocycles. The summed E-state index contributed by atoms with van der Waals surface area (Å²) in [6, 6.07) is 6.14. The molecule has 3 aromatic rings. The van der Waals surface area contributed by atoms with Crippen molar-refractivity contribution in [3.63, 3.8) is 0 Å². The summed E-state index contributed by atoms with van der Waals surface area (Å²) in [5.41, 5.74) is 3.51. The van der Waals surface area contributed by atoms with Gasteiger partial charge >= 0.3 is 6.18 Å². The third-order valence-corrected chi connectivity index (χ3v) is 7.00. The molecule has 0 saturated carbocycles. The molecule has 5 rings (SSSR count). The molecular weight excluding hydrogens is 497 g/mol. The minimum absolute atomic E-state index is 0.120. The Morgan fingerprint density at radius 2 is 1.89 bits per heavy atom. The summed E-state index contributed by atoms with van der Waals surface area (Å²) in [5, 5.41) is 7.06. The van der Waals surface area contributed by atoms with Gasteiger partial charge in [-0.25, -0.2) is 9.67 Å². The van der Waals surface area contributed by atoms with E-state index in [1.807, 2.05) is 13.0 Å². The third kappa shape index (κ3) is 5.63. The third-order valence-electron chi connectivity index (χ3n) is 7.00. The zero-order valence-corrected chi connectivity index (χ0v) is 21.3. The Morgan fingerprint density at radius 3 is 2.53 bits per heavy atom. The van der Waals surface area contributed by atoms with Crippen LogP contribution in [0, 0.1) is 13.8 Å². The van der Waals surface area contributed by atoms with Crippen LogP contribution in [-0.2, 0) is 10.9 Å². The number of halogens is 3. The van der Waals surface area contributed by atoms with E-state index in [1.54, 1.807) is 19.2 Å². The number of rotatable bonds is 5. The largest absolute Gasteiger partial charge is 0.417 e. The quantitative estimate of drug-likeness (QED) is 0.513. The Hall–Kier alpha value is -3.57. The minimum Gasteiger partial charge on any atom is -0.379 e. The van der Waals surface area contributed by atoms with Crippen LogP contribution in [0.5, 0.6) is 0 Å². The highest BCUT2D eigenvalue weighted by Crippen LogP contribution is 2.31. The van der Waals surface area contributed by atoms with Crippen LogP contribution in [0.2, 0.25) is 0 Å². The van der Waals surface area contributed by atoms with Crippen LogP contribution in [0.15, 0.2) is 42.7 Å². The Balaban J connectivity index is 1.25. The van der Waals surface area contributed by atoms with Crippen LogP contribution >= 0.6 is 0 Å². The predicted octanol–water partition coefficient (Wildman–Crippen LogP) is 4.82. The molecule has 2 aliphatic rings. The molecule has 0 spiro atoms. The van der Waals surface area contributed by atoms with Gasteiger partial charge in [0.15, 0.2) is 11.5 Å². The van der Waals surface area contributed by atoms with Gasteiger partial charge in [-0.3, -0.25) is 14.7 Å². The molecule has 1 saturated heterocycles. The van der Waals surface area contributed by atoms with Gasteiger partial charge in [-0.15, -0.1) is 0 Å². The lowest BCUT2D eigenvalue weighted by atomic mass is 9.90. The number of pyridine rings is 2. The van der Waals surface area contributed by atoms with Crippen molar-refractivity contribution in [2.24, 2.45) is 0 Å². The summed E-state index contributed by atoms with van der Waals surface area (Å²) in [7, 11) is 0. The van der Waals surface area contributed by atoms with Crippen molar-refractivity contribution >= 4 is 17.2 Å². The Morgan fingerprint density at radius 1 is 1.11 bits per heavy atom. The number of ether oxygens (including phenoxy) is 1. The highest BCUT2D eigenvalue weighted by atomic mass is 19.4. The highest BCUT2D eigenvalue weighted by molar-refractivity contribution is 6.03. The maximum Gasteiger partial charge on any atom is 0.417 e. The Bertz CT molecular complexity index is 1340. The molecule has 0 radical (unpaired) electrons. The fraction of sp³-hybridized carbons (Fsp3) is 0.407. The number of allylic oxidation sites excluding steroid dienone is 1. The average Bonchev–Trinajstić information content (AvgIpc) is 3.31. The van der Waals surface area contributed by atoms with Crippen LogP contribution in [-0.4, -0.2) is 62.9 Å². The van der Waals surface area contributed by atoms with Gasteiger partial charge in [-0.05, 0) is 68.5 Å². The Labute approximate surface area is 218 Å². The second kappa shape index (κ2) is 10.7. The van der Waals surface area contributed by atoms with E-state index in [0.717, 1.165) is 69.1 Å². The van der Waals surface area contributed by atoms with Gasteiger partial charge in [0.2, 0.25) is 0 Å². The first-order valence-corrected chi connectivity index (χ1v) is 12.6. The van der Waals surface area contributed by atoms with E-state index in [4.69, 9.17) is 4.74 Å². The van der Waals surface area contributed by atoms with Gasteiger partial charge in [0, 0.05) is 31.0 Å². The van der Waals surface area contributed by atoms with Gasteiger partial charge in [0.1, 0.15) is 0 Å². The number of hydrogen-bond donors (Lipinski definition) is 1. The number of carbonyl (C=O) groups is 1. The zero-order chi connectivity index (χ0) is 26.9. The van der Waals surface area contributed by atoms with Crippen LogP contribution in [0.1, 0.15) is 52.3 Å². The monoisotopic (exact) mass is 526 g/mol. The number of amides is 1. The molecule has 0 bridgehead atoms. The number of nitrogens with zero attached hydrogens (tertiary/aromatic N) is 5. The fourth-order valence-corrected chi connectivity index (χ4v) is 4.98. The van der Waals surface area contributed by atoms with Crippen molar-refractivity contribution < 1.29 is 22.7 Å². The summed E-state index contributed by atoms with van der Waals surface area (Å²) >= 11 is 0. The molecule has 1 aliphatic carbocycles. The number of alkyl halides is 3. The number of carbonyl (C=O) groups excluding carboxylic acids is 1. The van der Waals surface area contributed by atoms with E-state index in [2.05, 4.69) is 31.4 Å². The first kappa shape index (κ1) is 26.1. The first-order valence-electron chi connectivity index (χ1n) is 12.6. The summed E-state index contributed by atoms with van der Waals surface area (Å²) in [6.07, 6.45) is 3.22. The fourth-order valence-electron chi connectivity index (χ4n) is 4.98. The summed E-state index contributed by atoms with van der Waals surface area (Å²) in [5.74, 6) is -0.258. The smallest absolute Gasteiger partial charge is 0.379 e. The maximum atomic E-state index is 12.9. The number of nitrogens with one attached hydrogen (secondary N) is 1. The average molecular weight is 527 g/mol. The summed E-state index contributed by atoms with van der Waals surface area (Å²) in [4.78, 5) is 23.9. The van der Waals surface area contributed by atoms with E-state index < -0.39 is 17.6 Å². The molecule has 1 unspecified atom stereocenters. The second-order valence-electron chi connectivity index (χ2n) is 9.64. The first-order chi connectivity index (χ1) is 18.2. The Kier molecular flexibility index (Phi) is 7.31. The van der Waals surface area contributed by atoms with Crippen molar-refractivity contribution in [2.75, 3.05) is 31.6 Å². The van der Waals surface area contributed by atoms with Gasteiger partial charge in [0.25, 0.3) is 5.91 Å². The molecule has 3 aromatic heterocycles. The normalized spacial score (nSPS) is 18.8. The number of aryl methyl sites for hydroxylation is 2. The number of hydrogen-bond acceptors (Lipinski definition) is 6. The van der Waals surface area contributed by atoms with Crippen molar-refractivity contribution in [3.8, 4) is 5.82 Å². The van der Waals surface area contributed by atoms with Crippen LogP contribution in [0.4, 0.5) is 18.9 Å². The maximum absolute atomic E-state index is 12.9. The van der Waals surface area contributed by atoms with E-state index in [1.165, 1.54) is 16.3 Å². The topological polar surface area (TPSA) is 85.2 Å². The molecule has 1 fully saturated rings. The predicted molar refractivity (Wildman–Crippen MR) is 136 cm³/mol. The van der Waals surface area contributed by atoms with Crippen LogP contribution in [0.25, 0.3) is 11.4 Å². The van der Waals surface area contributed by atoms with Crippen molar-refractivity contribution in [3.05, 3.63) is 70.9 Å². The summed E-state index contributed by atoms with van der Waals surface area (Å²) < 4.78 is 45.3. The molecule has 1 N–H and O–H groups in total. The lowest BCUT2D eigenvalue weighted by Crippen LogP contribution is -2.43. The van der Waals surface area contributed by atoms with Crippen molar-refractivity contribution in [1.29, 1.82) is 0 Å². The van der Waals surface area contributed by atoms with Gasteiger partial charge in [-0.1, -0.05) is 6.08 Å². The molecule has 1 amide bonds. The van der Waals surface area contributed by atoms with E-state index in [0.29, 0.717) is 17.4 Å². The molecule has 200 valence electrons. The molecule has 38 heavy (non-hydrogen) atoms. The SMILES string of the molecule is Cc1cc(NC(=O)c2cc(C)n(-c3ccc(C(F)(F)F)cn3)n2)cnc1C1=CCC(N2CCOCC2)CC1. The summed E-state index contributed by atoms with van der Waals surface area (Å²) in [6.45, 7) is 7.24. The van der Waals surface area contributed by atoms with Gasteiger partial charge < -0.3 is 10.1 Å². The standard InChI is InChI=1S/C27H29F3N6O2/c1-17-13-21(16-32-25(17)19-3-6-22(7-4-19)35-9-11-38-12-10-35)33-26(37)23-14-18(2)36(34-23)24-8-5-20(15-31-24)27(28,29)30/h3,5,8,13-16,22H,4,6-7,9-12H2,1-2H3,(H,33,37). The van der Waals surface area contributed by atoms with Gasteiger partial charge in [-0.2, -0.15) is 18.3 Å². The molecule has 0 aromatic carbocycles. The molecule has 11 heteroatoms. The van der Waals surface area contributed by atoms with Crippen LogP contribution in [0.3, 0.4) is 0 Å². The van der Waals surface area contributed by atoms with Crippen molar-refractivity contribution in [1.82, 2.24) is 24.6 Å². The lowest BCUT2D eigenvalue weighted by molar-refractivity contribution is -0.137. The highest BCUT2D eigenvalue weighted by Gasteiger charge is 2.31. The second-order valence-corrected chi connectivity index (χ2v) is 9.64. The number of aromatic nitrogens is 4. The van der Waals surface area contributed by atoms with Crippen LogP contribution < -0.4 is 5.32 Å². The van der Waals surface area contributed by atoms with E-state index in [9.17, 15) is 18.0 Å². The number of anilines is 1. The van der Waals surface area contributed by atoms with E-state index >= 15 is 0 Å². The molecule has 8 nitrogen and oxygen atoms in total. The minimum atomic E-state index is -4.48. The van der Waals surface area contributed by atoms with Crippen molar-refractivity contribution in [2.45, 2.75) is 45.3 Å². The molecule has 4 heterocycles. The van der Waals surface area contributed by atoms with E-state index in [-0.39, 0.29) is 11.5 Å².